The van der Waals surface area contributed by atoms with E-state index in [9.17, 15) is 16.8 Å². The van der Waals surface area contributed by atoms with Gasteiger partial charge in [-0.3, -0.25) is 0 Å². The van der Waals surface area contributed by atoms with E-state index >= 15 is 0 Å². The molecular formula is C15H22O5S2. The number of aryl methyl sites for hydroxylation is 1. The summed E-state index contributed by atoms with van der Waals surface area (Å²) >= 11 is 0. The van der Waals surface area contributed by atoms with Crippen molar-refractivity contribution < 1.29 is 21.0 Å². The molecule has 7 heteroatoms. The van der Waals surface area contributed by atoms with Crippen LogP contribution in [0.5, 0.6) is 5.75 Å². The van der Waals surface area contributed by atoms with E-state index in [1.807, 2.05) is 12.1 Å². The van der Waals surface area contributed by atoms with Crippen LogP contribution in [-0.2, 0) is 25.4 Å². The third-order valence-electron chi connectivity index (χ3n) is 3.68. The molecular weight excluding hydrogens is 324 g/mol. The van der Waals surface area contributed by atoms with Crippen molar-refractivity contribution >= 4 is 20.0 Å². The van der Waals surface area contributed by atoms with Crippen molar-refractivity contribution in [3.63, 3.8) is 0 Å². The Morgan fingerprint density at radius 3 is 2.27 bits per heavy atom. The predicted molar refractivity (Wildman–Crippen MR) is 86.4 cm³/mol. The normalized spacial score (nSPS) is 18.7. The zero-order valence-electron chi connectivity index (χ0n) is 13.3. The topological polar surface area (TPSA) is 77.5 Å². The fraction of sp³-hybridized carbons (Fsp3) is 0.600. The predicted octanol–water partition coefficient (Wildman–Crippen LogP) is 2.05. The number of benzene rings is 1. The van der Waals surface area contributed by atoms with Gasteiger partial charge in [0.15, 0.2) is 9.84 Å². The average Bonchev–Trinajstić information content (AvgIpc) is 2.27. The maximum atomic E-state index is 12.0. The molecule has 22 heavy (non-hydrogen) atoms. The first kappa shape index (κ1) is 17.3. The lowest BCUT2D eigenvalue weighted by atomic mass is 9.86. The van der Waals surface area contributed by atoms with Crippen molar-refractivity contribution in [1.82, 2.24) is 0 Å². The van der Waals surface area contributed by atoms with Crippen LogP contribution in [0.4, 0.5) is 0 Å². The summed E-state index contributed by atoms with van der Waals surface area (Å²) in [5.74, 6) is -0.457. The smallest absolute Gasteiger partial charge is 0.309 e. The minimum atomic E-state index is -3.78. The molecule has 0 unspecified atom stereocenters. The highest BCUT2D eigenvalue weighted by Crippen LogP contribution is 2.29. The molecule has 0 N–H and O–H groups in total. The van der Waals surface area contributed by atoms with Crippen molar-refractivity contribution in [1.29, 1.82) is 0 Å². The summed E-state index contributed by atoms with van der Waals surface area (Å²) in [5, 5.41) is 0. The van der Waals surface area contributed by atoms with Gasteiger partial charge in [-0.05, 0) is 29.5 Å². The highest BCUT2D eigenvalue weighted by atomic mass is 32.2. The minimum absolute atomic E-state index is 0.0253. The van der Waals surface area contributed by atoms with Gasteiger partial charge in [-0.15, -0.1) is 0 Å². The van der Waals surface area contributed by atoms with Gasteiger partial charge in [-0.1, -0.05) is 32.9 Å². The van der Waals surface area contributed by atoms with Crippen LogP contribution in [-0.4, -0.2) is 34.1 Å². The zero-order valence-corrected chi connectivity index (χ0v) is 14.9. The van der Waals surface area contributed by atoms with Crippen molar-refractivity contribution in [3.8, 4) is 5.75 Å². The second-order valence-corrected chi connectivity index (χ2v) is 10.8. The molecule has 124 valence electrons. The van der Waals surface area contributed by atoms with E-state index in [0.717, 1.165) is 11.1 Å². The lowest BCUT2D eigenvalue weighted by molar-refractivity contribution is 0.468. The van der Waals surface area contributed by atoms with E-state index in [-0.39, 0.29) is 28.6 Å². The molecule has 0 atom stereocenters. The molecule has 0 saturated carbocycles. The van der Waals surface area contributed by atoms with Crippen LogP contribution in [0.2, 0.25) is 0 Å². The standard InChI is InChI=1S/C15H22O5S2/c1-11-7-13(15(2,3)4)5-6-14(11)20-22(18,19)10-12-8-21(16,17)9-12/h5-7,12H,8-10H2,1-4H3. The van der Waals surface area contributed by atoms with Crippen LogP contribution < -0.4 is 4.18 Å². The van der Waals surface area contributed by atoms with Gasteiger partial charge in [0.05, 0.1) is 17.3 Å². The Morgan fingerprint density at radius 1 is 1.23 bits per heavy atom. The van der Waals surface area contributed by atoms with E-state index in [1.54, 1.807) is 13.0 Å². The Balaban J connectivity index is 2.10. The van der Waals surface area contributed by atoms with Crippen LogP contribution in [0.1, 0.15) is 31.9 Å². The number of rotatable bonds is 4. The summed E-state index contributed by atoms with van der Waals surface area (Å²) in [6.07, 6.45) is 0. The minimum Gasteiger partial charge on any atom is -0.382 e. The first-order chi connectivity index (χ1) is 9.88. The van der Waals surface area contributed by atoms with E-state index in [2.05, 4.69) is 20.8 Å². The molecule has 1 aliphatic heterocycles. The van der Waals surface area contributed by atoms with Gasteiger partial charge >= 0.3 is 10.1 Å². The molecule has 1 fully saturated rings. The number of hydrogen-bond acceptors (Lipinski definition) is 5. The molecule has 0 aromatic heterocycles. The molecule has 0 radical (unpaired) electrons. The van der Waals surface area contributed by atoms with Gasteiger partial charge in [-0.25, -0.2) is 8.42 Å². The fourth-order valence-electron chi connectivity index (χ4n) is 2.43. The highest BCUT2D eigenvalue weighted by Gasteiger charge is 2.37. The number of hydrogen-bond donors (Lipinski definition) is 0. The summed E-state index contributed by atoms with van der Waals surface area (Å²) in [7, 11) is -6.81. The SMILES string of the molecule is Cc1cc(C(C)(C)C)ccc1OS(=O)(=O)CC1CS(=O)(=O)C1. The summed E-state index contributed by atoms with van der Waals surface area (Å²) in [6, 6.07) is 5.43. The maximum Gasteiger partial charge on any atom is 0.309 e. The molecule has 2 rings (SSSR count). The van der Waals surface area contributed by atoms with Crippen molar-refractivity contribution in [3.05, 3.63) is 29.3 Å². The maximum absolute atomic E-state index is 12.0. The Hall–Kier alpha value is -1.08. The fourth-order valence-corrected chi connectivity index (χ4v) is 5.65. The second-order valence-electron chi connectivity index (χ2n) is 6.98. The monoisotopic (exact) mass is 346 g/mol. The average molecular weight is 346 g/mol. The van der Waals surface area contributed by atoms with Crippen LogP contribution in [0.15, 0.2) is 18.2 Å². The highest BCUT2D eigenvalue weighted by molar-refractivity contribution is 7.93. The zero-order chi connectivity index (χ0) is 16.8. The Labute approximate surface area is 132 Å². The molecule has 0 bridgehead atoms. The molecule has 0 aliphatic carbocycles. The summed E-state index contributed by atoms with van der Waals surface area (Å²) in [4.78, 5) is 0. The molecule has 1 aromatic rings. The summed E-state index contributed by atoms with van der Waals surface area (Å²) in [6.45, 7) is 8.04. The second kappa shape index (κ2) is 5.53. The van der Waals surface area contributed by atoms with E-state index in [1.165, 1.54) is 0 Å². The lowest BCUT2D eigenvalue weighted by Gasteiger charge is -2.25. The molecule has 1 aliphatic rings. The Kier molecular flexibility index (Phi) is 4.34. The van der Waals surface area contributed by atoms with Gasteiger partial charge in [0.25, 0.3) is 0 Å². The van der Waals surface area contributed by atoms with Gasteiger partial charge in [0, 0.05) is 5.92 Å². The van der Waals surface area contributed by atoms with Gasteiger partial charge in [-0.2, -0.15) is 8.42 Å². The molecule has 1 aromatic carbocycles. The molecule has 1 saturated heterocycles. The summed E-state index contributed by atoms with van der Waals surface area (Å²) in [5.41, 5.74) is 1.82. The van der Waals surface area contributed by atoms with E-state index in [0.29, 0.717) is 5.75 Å². The third-order valence-corrected chi connectivity index (χ3v) is 6.95. The quantitative estimate of drug-likeness (QED) is 0.780. The molecule has 0 amide bonds. The van der Waals surface area contributed by atoms with Crippen LogP contribution in [0, 0.1) is 12.8 Å². The molecule has 1 heterocycles. The van der Waals surface area contributed by atoms with Crippen LogP contribution >= 0.6 is 0 Å². The molecule has 0 spiro atoms. The van der Waals surface area contributed by atoms with Gasteiger partial charge in [0.2, 0.25) is 0 Å². The van der Waals surface area contributed by atoms with Crippen LogP contribution in [0.3, 0.4) is 0 Å². The summed E-state index contributed by atoms with van der Waals surface area (Å²) < 4.78 is 51.4. The van der Waals surface area contributed by atoms with Crippen LogP contribution in [0.25, 0.3) is 0 Å². The van der Waals surface area contributed by atoms with Gasteiger partial charge < -0.3 is 4.18 Å². The van der Waals surface area contributed by atoms with Gasteiger partial charge in [0.1, 0.15) is 5.75 Å². The first-order valence-electron chi connectivity index (χ1n) is 7.12. The van der Waals surface area contributed by atoms with Crippen molar-refractivity contribution in [2.45, 2.75) is 33.1 Å². The first-order valence-corrected chi connectivity index (χ1v) is 10.5. The lowest BCUT2D eigenvalue weighted by Crippen LogP contribution is -2.41. The van der Waals surface area contributed by atoms with Crippen molar-refractivity contribution in [2.24, 2.45) is 5.92 Å². The Bertz CT molecular complexity index is 759. The number of sulfone groups is 1. The third kappa shape index (κ3) is 4.23. The largest absolute Gasteiger partial charge is 0.382 e. The van der Waals surface area contributed by atoms with Crippen molar-refractivity contribution in [2.75, 3.05) is 17.3 Å². The Morgan fingerprint density at radius 2 is 1.82 bits per heavy atom. The van der Waals surface area contributed by atoms with E-state index in [4.69, 9.17) is 4.18 Å². The van der Waals surface area contributed by atoms with E-state index < -0.39 is 20.0 Å². The molecule has 5 nitrogen and oxygen atoms in total.